The van der Waals surface area contributed by atoms with Crippen LogP contribution in [-0.4, -0.2) is 25.8 Å². The minimum absolute atomic E-state index is 0.986. The third-order valence-electron chi connectivity index (χ3n) is 1.59. The van der Waals surface area contributed by atoms with E-state index in [2.05, 4.69) is 10.3 Å². The van der Waals surface area contributed by atoms with Crippen molar-refractivity contribution in [2.24, 2.45) is 4.99 Å². The largest absolute Gasteiger partial charge is 0.315 e. The van der Waals surface area contributed by atoms with E-state index < -0.39 is 0 Å². The molecular weight excluding hydrogens is 112 g/mol. The van der Waals surface area contributed by atoms with E-state index in [9.17, 15) is 0 Å². The van der Waals surface area contributed by atoms with Crippen LogP contribution in [0.4, 0.5) is 0 Å². The van der Waals surface area contributed by atoms with Crippen LogP contribution in [0, 0.1) is 0 Å². The van der Waals surface area contributed by atoms with E-state index in [0.717, 1.165) is 13.1 Å². The molecule has 0 amide bonds. The molecule has 52 valence electrons. The molecule has 0 radical (unpaired) electrons. The van der Waals surface area contributed by atoms with Crippen LogP contribution in [0.1, 0.15) is 19.3 Å². The Morgan fingerprint density at radius 2 is 2.44 bits per heavy atom. The van der Waals surface area contributed by atoms with Crippen molar-refractivity contribution in [3.63, 3.8) is 0 Å². The van der Waals surface area contributed by atoms with Crippen molar-refractivity contribution >= 4 is 5.71 Å². The van der Waals surface area contributed by atoms with Gasteiger partial charge in [0.15, 0.2) is 0 Å². The zero-order valence-electron chi connectivity index (χ0n) is 5.98. The molecule has 9 heavy (non-hydrogen) atoms. The van der Waals surface area contributed by atoms with Crippen molar-refractivity contribution in [3.05, 3.63) is 0 Å². The quantitative estimate of drug-likeness (QED) is 0.582. The normalized spacial score (nSPS) is 19.4. The van der Waals surface area contributed by atoms with Crippen LogP contribution in [0.15, 0.2) is 4.99 Å². The first-order chi connectivity index (χ1) is 4.43. The average Bonchev–Trinajstić information content (AvgIpc) is 1.91. The third-order valence-corrected chi connectivity index (χ3v) is 1.59. The van der Waals surface area contributed by atoms with E-state index >= 15 is 0 Å². The Hall–Kier alpha value is -0.370. The van der Waals surface area contributed by atoms with Gasteiger partial charge in [-0.2, -0.15) is 0 Å². The molecule has 0 fully saturated rings. The fourth-order valence-electron chi connectivity index (χ4n) is 1.11. The lowest BCUT2D eigenvalue weighted by Gasteiger charge is -2.10. The summed E-state index contributed by atoms with van der Waals surface area (Å²) in [7, 11) is 1.97. The maximum Gasteiger partial charge on any atom is 0.0389 e. The smallest absolute Gasteiger partial charge is 0.0389 e. The lowest BCUT2D eigenvalue weighted by atomic mass is 10.1. The Labute approximate surface area is 56.4 Å². The van der Waals surface area contributed by atoms with E-state index in [1.165, 1.54) is 25.0 Å². The van der Waals surface area contributed by atoms with Crippen LogP contribution in [0.3, 0.4) is 0 Å². The van der Waals surface area contributed by atoms with Gasteiger partial charge in [0.1, 0.15) is 0 Å². The molecule has 0 saturated carbocycles. The molecule has 1 aliphatic rings. The molecule has 1 rings (SSSR count). The highest BCUT2D eigenvalue weighted by Crippen LogP contribution is 2.04. The van der Waals surface area contributed by atoms with E-state index in [4.69, 9.17) is 0 Å². The average molecular weight is 126 g/mol. The van der Waals surface area contributed by atoms with Crippen molar-refractivity contribution in [1.29, 1.82) is 0 Å². The van der Waals surface area contributed by atoms with Crippen LogP contribution >= 0.6 is 0 Å². The van der Waals surface area contributed by atoms with Crippen LogP contribution < -0.4 is 5.32 Å². The van der Waals surface area contributed by atoms with Crippen molar-refractivity contribution in [1.82, 2.24) is 5.32 Å². The fraction of sp³-hybridized carbons (Fsp3) is 0.857. The summed E-state index contributed by atoms with van der Waals surface area (Å²) in [6.07, 6.45) is 3.83. The molecule has 0 aromatic carbocycles. The number of rotatable bonds is 2. The lowest BCUT2D eigenvalue weighted by molar-refractivity contribution is 0.722. The number of nitrogens with zero attached hydrogens (tertiary/aromatic N) is 1. The number of nitrogens with one attached hydrogen (secondary N) is 1. The number of aliphatic imine (C=N–C) groups is 1. The highest BCUT2D eigenvalue weighted by Gasteiger charge is 2.01. The summed E-state index contributed by atoms with van der Waals surface area (Å²) >= 11 is 0. The van der Waals surface area contributed by atoms with Gasteiger partial charge in [-0.3, -0.25) is 4.99 Å². The minimum Gasteiger partial charge on any atom is -0.315 e. The van der Waals surface area contributed by atoms with Gasteiger partial charge in [-0.1, -0.05) is 0 Å². The van der Waals surface area contributed by atoms with E-state index in [1.807, 2.05) is 7.05 Å². The molecule has 0 saturated heterocycles. The van der Waals surface area contributed by atoms with E-state index in [1.54, 1.807) is 0 Å². The van der Waals surface area contributed by atoms with Crippen molar-refractivity contribution in [3.8, 4) is 0 Å². The van der Waals surface area contributed by atoms with Gasteiger partial charge in [0, 0.05) is 18.8 Å². The predicted molar refractivity (Wildman–Crippen MR) is 40.1 cm³/mol. The van der Waals surface area contributed by atoms with E-state index in [0.29, 0.717) is 0 Å². The molecule has 2 heteroatoms. The van der Waals surface area contributed by atoms with Crippen LogP contribution in [-0.2, 0) is 0 Å². The monoisotopic (exact) mass is 126 g/mol. The highest BCUT2D eigenvalue weighted by atomic mass is 14.9. The predicted octanol–water partition coefficient (Wildman–Crippen LogP) is 0.831. The van der Waals surface area contributed by atoms with Crippen molar-refractivity contribution < 1.29 is 0 Å². The Morgan fingerprint density at radius 3 is 3.00 bits per heavy atom. The minimum atomic E-state index is 0.986. The maximum atomic E-state index is 4.37. The molecule has 2 nitrogen and oxygen atoms in total. The maximum absolute atomic E-state index is 4.37. The second-order valence-corrected chi connectivity index (χ2v) is 2.44. The van der Waals surface area contributed by atoms with Gasteiger partial charge in [-0.15, -0.1) is 0 Å². The molecule has 1 N–H and O–H groups in total. The van der Waals surface area contributed by atoms with Gasteiger partial charge < -0.3 is 5.32 Å². The zero-order valence-corrected chi connectivity index (χ0v) is 5.98. The molecule has 1 heterocycles. The SMILES string of the molecule is CNCC1=NCCCC1. The topological polar surface area (TPSA) is 24.4 Å². The second-order valence-electron chi connectivity index (χ2n) is 2.44. The summed E-state index contributed by atoms with van der Waals surface area (Å²) in [6.45, 7) is 2.04. The highest BCUT2D eigenvalue weighted by molar-refractivity contribution is 5.86. The van der Waals surface area contributed by atoms with Gasteiger partial charge in [0.25, 0.3) is 0 Å². The molecular formula is C7H14N2. The summed E-state index contributed by atoms with van der Waals surface area (Å²) < 4.78 is 0. The summed E-state index contributed by atoms with van der Waals surface area (Å²) in [5.74, 6) is 0. The molecule has 0 atom stereocenters. The summed E-state index contributed by atoms with van der Waals surface area (Å²) in [5, 5.41) is 3.11. The van der Waals surface area contributed by atoms with Crippen LogP contribution in [0.5, 0.6) is 0 Å². The number of hydrogen-bond donors (Lipinski definition) is 1. The fourth-order valence-corrected chi connectivity index (χ4v) is 1.11. The lowest BCUT2D eigenvalue weighted by Crippen LogP contribution is -2.20. The van der Waals surface area contributed by atoms with Gasteiger partial charge in [0.05, 0.1) is 0 Å². The summed E-state index contributed by atoms with van der Waals surface area (Å²) in [4.78, 5) is 4.37. The third kappa shape index (κ3) is 2.14. The Kier molecular flexibility index (Phi) is 2.71. The number of hydrogen-bond acceptors (Lipinski definition) is 2. The molecule has 0 aromatic rings. The summed E-state index contributed by atoms with van der Waals surface area (Å²) in [6, 6.07) is 0. The van der Waals surface area contributed by atoms with Gasteiger partial charge in [-0.05, 0) is 26.3 Å². The summed E-state index contributed by atoms with van der Waals surface area (Å²) in [5.41, 5.74) is 1.35. The Morgan fingerprint density at radius 1 is 1.56 bits per heavy atom. The second kappa shape index (κ2) is 3.62. The van der Waals surface area contributed by atoms with Crippen LogP contribution in [0.2, 0.25) is 0 Å². The molecule has 0 spiro atoms. The molecule has 0 aromatic heterocycles. The van der Waals surface area contributed by atoms with Gasteiger partial charge >= 0.3 is 0 Å². The first kappa shape index (κ1) is 6.75. The standard InChI is InChI=1S/C7H14N2/c1-8-6-7-4-2-3-5-9-7/h8H,2-6H2,1H3. The van der Waals surface area contributed by atoms with Crippen molar-refractivity contribution in [2.75, 3.05) is 20.1 Å². The molecule has 0 bridgehead atoms. The Balaban J connectivity index is 2.28. The van der Waals surface area contributed by atoms with E-state index in [-0.39, 0.29) is 0 Å². The van der Waals surface area contributed by atoms with Crippen molar-refractivity contribution in [2.45, 2.75) is 19.3 Å². The first-order valence-corrected chi connectivity index (χ1v) is 3.60. The van der Waals surface area contributed by atoms with Gasteiger partial charge in [-0.25, -0.2) is 0 Å². The molecule has 1 aliphatic heterocycles. The zero-order chi connectivity index (χ0) is 6.53. The van der Waals surface area contributed by atoms with Crippen LogP contribution in [0.25, 0.3) is 0 Å². The van der Waals surface area contributed by atoms with Gasteiger partial charge in [0.2, 0.25) is 0 Å². The molecule has 0 unspecified atom stereocenters. The Bertz CT molecular complexity index is 107. The molecule has 0 aliphatic carbocycles. The first-order valence-electron chi connectivity index (χ1n) is 3.60.